The van der Waals surface area contributed by atoms with Gasteiger partial charge in [-0.05, 0) is 29.7 Å². The van der Waals surface area contributed by atoms with Crippen LogP contribution in [-0.2, 0) is 6.54 Å². The van der Waals surface area contributed by atoms with Crippen molar-refractivity contribution in [3.8, 4) is 0 Å². The minimum atomic E-state index is 0.732. The minimum Gasteiger partial charge on any atom is -0.380 e. The van der Waals surface area contributed by atoms with Gasteiger partial charge in [-0.25, -0.2) is 5.53 Å². The van der Waals surface area contributed by atoms with Gasteiger partial charge < -0.3 is 5.32 Å². The van der Waals surface area contributed by atoms with E-state index in [9.17, 15) is 0 Å². The molecule has 2 aromatic rings. The number of para-hydroxylation sites is 1. The molecule has 94 valence electrons. The second-order valence-electron chi connectivity index (χ2n) is 4.64. The minimum absolute atomic E-state index is 0.732. The number of nitrogens with zero attached hydrogens (tertiary/aromatic N) is 1. The van der Waals surface area contributed by atoms with E-state index in [1.807, 2.05) is 43.3 Å². The quantitative estimate of drug-likeness (QED) is 0.716. The van der Waals surface area contributed by atoms with Crippen LogP contribution in [0.4, 0.5) is 5.69 Å². The molecule has 1 aliphatic rings. The fourth-order valence-electron chi connectivity index (χ4n) is 2.55. The Hall–Kier alpha value is -2.42. The monoisotopic (exact) mass is 249 g/mol. The lowest BCUT2D eigenvalue weighted by Crippen LogP contribution is -2.07. The summed E-state index contributed by atoms with van der Waals surface area (Å²) in [5.41, 5.74) is 13.7. The van der Waals surface area contributed by atoms with Crippen LogP contribution in [0.15, 0.2) is 53.6 Å². The van der Waals surface area contributed by atoms with Gasteiger partial charge in [0.05, 0.1) is 5.70 Å². The van der Waals surface area contributed by atoms with E-state index in [0.717, 1.165) is 34.6 Å². The zero-order chi connectivity index (χ0) is 13.2. The highest BCUT2D eigenvalue weighted by atomic mass is 15.0. The van der Waals surface area contributed by atoms with Crippen LogP contribution < -0.4 is 5.32 Å². The summed E-state index contributed by atoms with van der Waals surface area (Å²) in [5, 5.41) is 7.19. The van der Waals surface area contributed by atoms with Gasteiger partial charge in [0, 0.05) is 17.8 Å². The van der Waals surface area contributed by atoms with Gasteiger partial charge in [0.15, 0.2) is 0 Å². The van der Waals surface area contributed by atoms with Crippen molar-refractivity contribution < 1.29 is 0 Å². The first-order valence-corrected chi connectivity index (χ1v) is 6.31. The molecule has 0 aliphatic carbocycles. The van der Waals surface area contributed by atoms with Crippen molar-refractivity contribution in [1.29, 1.82) is 5.53 Å². The van der Waals surface area contributed by atoms with E-state index < -0.39 is 0 Å². The summed E-state index contributed by atoms with van der Waals surface area (Å²) in [6.07, 6.45) is 0. The topological polar surface area (TPSA) is 48.2 Å². The third kappa shape index (κ3) is 1.93. The highest BCUT2D eigenvalue weighted by molar-refractivity contribution is 5.94. The van der Waals surface area contributed by atoms with E-state index in [1.165, 1.54) is 5.56 Å². The van der Waals surface area contributed by atoms with E-state index in [-0.39, 0.29) is 0 Å². The summed E-state index contributed by atoms with van der Waals surface area (Å²) in [6, 6.07) is 16.3. The summed E-state index contributed by atoms with van der Waals surface area (Å²) in [4.78, 5) is 0. The fraction of sp³-hybridized carbons (Fsp3) is 0.125. The summed E-state index contributed by atoms with van der Waals surface area (Å²) >= 11 is 0. The molecule has 0 amide bonds. The maximum absolute atomic E-state index is 7.51. The van der Waals surface area contributed by atoms with Crippen LogP contribution in [0.5, 0.6) is 0 Å². The number of fused-ring (bicyclic) bond motifs is 2. The van der Waals surface area contributed by atoms with E-state index in [1.54, 1.807) is 0 Å². The fourth-order valence-corrected chi connectivity index (χ4v) is 2.55. The van der Waals surface area contributed by atoms with Gasteiger partial charge in [-0.3, -0.25) is 0 Å². The molecule has 0 saturated heterocycles. The summed E-state index contributed by atoms with van der Waals surface area (Å²) in [6.45, 7) is 2.82. The predicted molar refractivity (Wildman–Crippen MR) is 77.8 cm³/mol. The lowest BCUT2D eigenvalue weighted by atomic mass is 9.94. The Balaban J connectivity index is 2.31. The van der Waals surface area contributed by atoms with Crippen LogP contribution in [-0.4, -0.2) is 0 Å². The van der Waals surface area contributed by atoms with Gasteiger partial charge >= 0.3 is 0 Å². The molecule has 1 heterocycles. The molecule has 0 bridgehead atoms. The first kappa shape index (κ1) is 11.7. The summed E-state index contributed by atoms with van der Waals surface area (Å²) < 4.78 is 0. The largest absolute Gasteiger partial charge is 0.380 e. The van der Waals surface area contributed by atoms with Crippen molar-refractivity contribution in [2.24, 2.45) is 5.11 Å². The second-order valence-corrected chi connectivity index (χ2v) is 4.64. The van der Waals surface area contributed by atoms with E-state index >= 15 is 0 Å². The van der Waals surface area contributed by atoms with Crippen LogP contribution >= 0.6 is 0 Å². The zero-order valence-electron chi connectivity index (χ0n) is 10.8. The SMILES string of the molecule is C/C1=C(\N=N)c2ccccc2NCc2ccccc21. The Morgan fingerprint density at radius 3 is 2.47 bits per heavy atom. The molecule has 2 aromatic carbocycles. The molecule has 19 heavy (non-hydrogen) atoms. The Kier molecular flexibility index (Phi) is 2.88. The van der Waals surface area contributed by atoms with Crippen molar-refractivity contribution in [3.05, 3.63) is 65.2 Å². The van der Waals surface area contributed by atoms with Crippen LogP contribution in [0, 0.1) is 5.53 Å². The van der Waals surface area contributed by atoms with E-state index in [2.05, 4.69) is 22.6 Å². The Morgan fingerprint density at radius 2 is 1.68 bits per heavy atom. The van der Waals surface area contributed by atoms with E-state index in [4.69, 9.17) is 5.53 Å². The van der Waals surface area contributed by atoms with Crippen molar-refractivity contribution in [2.45, 2.75) is 13.5 Å². The number of benzene rings is 2. The molecule has 3 nitrogen and oxygen atoms in total. The summed E-state index contributed by atoms with van der Waals surface area (Å²) in [5.74, 6) is 0. The molecular weight excluding hydrogens is 234 g/mol. The molecule has 0 atom stereocenters. The van der Waals surface area contributed by atoms with Crippen LogP contribution in [0.3, 0.4) is 0 Å². The maximum Gasteiger partial charge on any atom is 0.0978 e. The van der Waals surface area contributed by atoms with Crippen molar-refractivity contribution in [1.82, 2.24) is 0 Å². The smallest absolute Gasteiger partial charge is 0.0978 e. The Morgan fingerprint density at radius 1 is 1.00 bits per heavy atom. The Labute approximate surface area is 112 Å². The van der Waals surface area contributed by atoms with Gasteiger partial charge in [-0.1, -0.05) is 42.5 Å². The van der Waals surface area contributed by atoms with Crippen molar-refractivity contribution in [3.63, 3.8) is 0 Å². The standard InChI is InChI=1S/C16H15N3/c1-11-13-7-3-2-6-12(13)10-18-15-9-5-4-8-14(15)16(11)19-17/h2-9,17-18H,10H2,1H3/b16-11+,19-17?. The third-order valence-corrected chi connectivity index (χ3v) is 3.54. The van der Waals surface area contributed by atoms with Crippen LogP contribution in [0.1, 0.15) is 23.6 Å². The first-order chi connectivity index (χ1) is 9.31. The first-order valence-electron chi connectivity index (χ1n) is 6.31. The number of nitrogens with one attached hydrogen (secondary N) is 2. The van der Waals surface area contributed by atoms with Crippen LogP contribution in [0.25, 0.3) is 11.3 Å². The number of rotatable bonds is 1. The molecule has 0 fully saturated rings. The van der Waals surface area contributed by atoms with Crippen molar-refractivity contribution >= 4 is 17.0 Å². The molecule has 1 aliphatic heterocycles. The molecular formula is C16H15N3. The highest BCUT2D eigenvalue weighted by Crippen LogP contribution is 2.35. The van der Waals surface area contributed by atoms with Gasteiger partial charge in [-0.2, -0.15) is 5.11 Å². The molecule has 2 N–H and O–H groups in total. The molecule has 0 aromatic heterocycles. The molecule has 0 spiro atoms. The van der Waals surface area contributed by atoms with Crippen LogP contribution in [0.2, 0.25) is 0 Å². The second kappa shape index (κ2) is 4.69. The zero-order valence-corrected chi connectivity index (χ0v) is 10.8. The molecule has 0 radical (unpaired) electrons. The average molecular weight is 249 g/mol. The number of hydrogen-bond donors (Lipinski definition) is 2. The van der Waals surface area contributed by atoms with Gasteiger partial charge in [0.25, 0.3) is 0 Å². The highest BCUT2D eigenvalue weighted by Gasteiger charge is 2.16. The van der Waals surface area contributed by atoms with Gasteiger partial charge in [0.2, 0.25) is 0 Å². The molecule has 0 unspecified atom stereocenters. The maximum atomic E-state index is 7.51. The number of allylic oxidation sites excluding steroid dienone is 1. The normalized spacial score (nSPS) is 17.5. The van der Waals surface area contributed by atoms with E-state index in [0.29, 0.717) is 0 Å². The molecule has 0 saturated carbocycles. The number of hydrogen-bond acceptors (Lipinski definition) is 3. The molecule has 3 heteroatoms. The van der Waals surface area contributed by atoms with Gasteiger partial charge in [-0.15, -0.1) is 0 Å². The third-order valence-electron chi connectivity index (χ3n) is 3.54. The Bertz CT molecular complexity index is 671. The van der Waals surface area contributed by atoms with Gasteiger partial charge in [0.1, 0.15) is 0 Å². The molecule has 3 rings (SSSR count). The summed E-state index contributed by atoms with van der Waals surface area (Å²) in [7, 11) is 0. The number of anilines is 1. The predicted octanol–water partition coefficient (Wildman–Crippen LogP) is 4.53. The lowest BCUT2D eigenvalue weighted by molar-refractivity contribution is 1.11. The average Bonchev–Trinajstić information content (AvgIpc) is 2.46. The van der Waals surface area contributed by atoms with Crippen molar-refractivity contribution in [2.75, 3.05) is 5.32 Å². The lowest BCUT2D eigenvalue weighted by Gasteiger charge is -2.20.